The highest BCUT2D eigenvalue weighted by molar-refractivity contribution is 6.19. The number of Topliss-reactive ketones (excluding diaryl/α,β-unsaturated/α-hetero) is 1. The van der Waals surface area contributed by atoms with Crippen LogP contribution in [0.15, 0.2) is 102 Å². The first-order valence-corrected chi connectivity index (χ1v) is 12.1. The van der Waals surface area contributed by atoms with Gasteiger partial charge in [0.1, 0.15) is 17.3 Å². The quantitative estimate of drug-likeness (QED) is 0.401. The highest BCUT2D eigenvalue weighted by Crippen LogP contribution is 2.51. The van der Waals surface area contributed by atoms with Crippen molar-refractivity contribution in [2.45, 2.75) is 32.6 Å². The number of hydrogen-bond donors (Lipinski definition) is 2. The van der Waals surface area contributed by atoms with Crippen molar-refractivity contribution in [2.24, 2.45) is 5.41 Å². The predicted octanol–water partition coefficient (Wildman–Crippen LogP) is 6.89. The van der Waals surface area contributed by atoms with Crippen molar-refractivity contribution >= 4 is 23.1 Å². The van der Waals surface area contributed by atoms with Gasteiger partial charge in [0.05, 0.1) is 7.11 Å². The van der Waals surface area contributed by atoms with Gasteiger partial charge in [-0.25, -0.2) is 0 Å². The number of allylic oxidation sites excluding steroid dienone is 2. The lowest BCUT2D eigenvalue weighted by molar-refractivity contribution is -0.118. The van der Waals surface area contributed by atoms with Gasteiger partial charge in [0.15, 0.2) is 5.78 Å². The normalized spacial score (nSPS) is 20.8. The Morgan fingerprint density at radius 2 is 1.56 bits per heavy atom. The van der Waals surface area contributed by atoms with E-state index in [9.17, 15) is 15.3 Å². The largest absolute Gasteiger partial charge is 0.507 e. The van der Waals surface area contributed by atoms with Crippen molar-refractivity contribution in [3.8, 4) is 5.75 Å². The second-order valence-electron chi connectivity index (χ2n) is 10.2. The molecule has 2 N–H and O–H groups in total. The number of methoxy groups -OCH3 is 1. The molecular weight excluding hydrogens is 448 g/mol. The molecule has 0 amide bonds. The van der Waals surface area contributed by atoms with Gasteiger partial charge in [-0.15, -0.1) is 0 Å². The average molecular weight is 479 g/mol. The highest BCUT2D eigenvalue weighted by Gasteiger charge is 2.46. The number of nitrogens with zero attached hydrogens (tertiary/aromatic N) is 1. The topological polar surface area (TPSA) is 73.6 Å². The molecule has 5 rings (SSSR count). The molecule has 0 fully saturated rings. The lowest BCUT2D eigenvalue weighted by atomic mass is 9.67. The van der Waals surface area contributed by atoms with E-state index >= 15 is 0 Å². The predicted molar refractivity (Wildman–Crippen MR) is 143 cm³/mol. The zero-order chi connectivity index (χ0) is 25.4. The Balaban J connectivity index is 1.84. The van der Waals surface area contributed by atoms with Crippen LogP contribution in [0.2, 0.25) is 0 Å². The second-order valence-corrected chi connectivity index (χ2v) is 10.2. The molecule has 0 unspecified atom stereocenters. The van der Waals surface area contributed by atoms with Crippen LogP contribution in [-0.4, -0.2) is 23.8 Å². The Kier molecular flexibility index (Phi) is 6.00. The number of aliphatic hydroxyl groups excluding tert-OH is 1. The van der Waals surface area contributed by atoms with E-state index in [-0.39, 0.29) is 22.8 Å². The van der Waals surface area contributed by atoms with Gasteiger partial charge in [-0.1, -0.05) is 74.5 Å². The third-order valence-corrected chi connectivity index (χ3v) is 6.99. The van der Waals surface area contributed by atoms with Gasteiger partial charge in [-0.2, -0.15) is 0 Å². The van der Waals surface area contributed by atoms with Crippen LogP contribution >= 0.6 is 0 Å². The Bertz CT molecular complexity index is 1370. The number of anilines is 1. The van der Waals surface area contributed by atoms with E-state index in [1.165, 1.54) is 0 Å². The van der Waals surface area contributed by atoms with E-state index in [4.69, 9.17) is 4.74 Å². The van der Waals surface area contributed by atoms with Crippen LogP contribution in [0, 0.1) is 10.8 Å². The van der Waals surface area contributed by atoms with E-state index in [0.717, 1.165) is 16.9 Å². The van der Waals surface area contributed by atoms with Crippen LogP contribution in [0.4, 0.5) is 5.69 Å². The lowest BCUT2D eigenvalue weighted by Crippen LogP contribution is -2.45. The molecule has 1 heterocycles. The molecule has 36 heavy (non-hydrogen) atoms. The van der Waals surface area contributed by atoms with E-state index in [1.807, 2.05) is 89.8 Å². The number of ketones is 1. The third-order valence-electron chi connectivity index (χ3n) is 6.99. The van der Waals surface area contributed by atoms with Crippen LogP contribution in [0.5, 0.6) is 5.75 Å². The van der Waals surface area contributed by atoms with Gasteiger partial charge in [-0.3, -0.25) is 15.1 Å². The summed E-state index contributed by atoms with van der Waals surface area (Å²) in [6, 6.07) is 26.5. The number of carbonyl (C=O) groups excluding carboxylic acids is 1. The van der Waals surface area contributed by atoms with E-state index < -0.39 is 5.92 Å². The molecule has 3 aromatic rings. The van der Waals surface area contributed by atoms with Crippen molar-refractivity contribution in [3.05, 3.63) is 113 Å². The van der Waals surface area contributed by atoms with Crippen LogP contribution < -0.4 is 9.64 Å². The molecule has 0 aromatic heterocycles. The van der Waals surface area contributed by atoms with Crippen LogP contribution in [0.25, 0.3) is 5.76 Å². The van der Waals surface area contributed by atoms with Gasteiger partial charge in [0.25, 0.3) is 0 Å². The summed E-state index contributed by atoms with van der Waals surface area (Å²) in [4.78, 5) is 15.7. The number of ether oxygens (including phenoxy) is 1. The molecule has 0 saturated heterocycles. The maximum absolute atomic E-state index is 13.9. The fourth-order valence-corrected chi connectivity index (χ4v) is 5.36. The fraction of sp³-hybridized carbons (Fsp3) is 0.226. The molecule has 5 nitrogen and oxygen atoms in total. The van der Waals surface area contributed by atoms with Gasteiger partial charge >= 0.3 is 0 Å². The van der Waals surface area contributed by atoms with E-state index in [1.54, 1.807) is 7.11 Å². The summed E-state index contributed by atoms with van der Waals surface area (Å²) in [5.74, 6) is 0.369. The van der Waals surface area contributed by atoms with Gasteiger partial charge in [0, 0.05) is 40.4 Å². The molecule has 0 radical (unpaired) electrons. The van der Waals surface area contributed by atoms with Crippen molar-refractivity contribution in [1.82, 2.24) is 0 Å². The van der Waals surface area contributed by atoms with Crippen molar-refractivity contribution in [1.29, 1.82) is 5.41 Å². The maximum Gasteiger partial charge on any atom is 0.162 e. The zero-order valence-electron chi connectivity index (χ0n) is 20.8. The van der Waals surface area contributed by atoms with Crippen molar-refractivity contribution in [3.63, 3.8) is 0 Å². The van der Waals surface area contributed by atoms with Gasteiger partial charge in [-0.05, 0) is 41.7 Å². The molecule has 0 spiro atoms. The lowest BCUT2D eigenvalue weighted by Gasteiger charge is -2.45. The molecule has 3 aromatic carbocycles. The van der Waals surface area contributed by atoms with E-state index in [0.29, 0.717) is 35.3 Å². The number of rotatable bonds is 4. The molecule has 0 bridgehead atoms. The first-order chi connectivity index (χ1) is 17.3. The van der Waals surface area contributed by atoms with Crippen LogP contribution in [-0.2, 0) is 4.79 Å². The summed E-state index contributed by atoms with van der Waals surface area (Å²) in [6.45, 7) is 4.19. The van der Waals surface area contributed by atoms with Gasteiger partial charge in [0.2, 0.25) is 0 Å². The summed E-state index contributed by atoms with van der Waals surface area (Å²) < 4.78 is 5.36. The monoisotopic (exact) mass is 478 g/mol. The molecule has 5 heteroatoms. The SMILES string of the molecule is COc1ccc([C@H]2C(=C(O)c3ccccc3)C(=N)N(c3ccccc3)C3=C2C(=O)CC(C)(C)C3)cc1. The van der Waals surface area contributed by atoms with Crippen LogP contribution in [0.1, 0.15) is 43.7 Å². The molecule has 1 atom stereocenters. The van der Waals surface area contributed by atoms with Gasteiger partial charge < -0.3 is 9.84 Å². The Hall–Kier alpha value is -4.12. The molecule has 1 aliphatic carbocycles. The summed E-state index contributed by atoms with van der Waals surface area (Å²) in [5.41, 5.74) is 3.91. The molecule has 2 aliphatic rings. The number of benzene rings is 3. The number of carbonyl (C=O) groups is 1. The van der Waals surface area contributed by atoms with Crippen molar-refractivity contribution in [2.75, 3.05) is 12.0 Å². The van der Waals surface area contributed by atoms with E-state index in [2.05, 4.69) is 13.8 Å². The van der Waals surface area contributed by atoms with Crippen LogP contribution in [0.3, 0.4) is 0 Å². The first kappa shape index (κ1) is 23.6. The Morgan fingerprint density at radius 1 is 0.944 bits per heavy atom. The molecule has 182 valence electrons. The Labute approximate surface area is 211 Å². The number of aliphatic hydroxyl groups is 1. The number of hydrogen-bond acceptors (Lipinski definition) is 4. The summed E-state index contributed by atoms with van der Waals surface area (Å²) in [5, 5.41) is 21.1. The fourth-order valence-electron chi connectivity index (χ4n) is 5.36. The summed E-state index contributed by atoms with van der Waals surface area (Å²) >= 11 is 0. The zero-order valence-corrected chi connectivity index (χ0v) is 20.8. The number of nitrogens with one attached hydrogen (secondary N) is 1. The summed E-state index contributed by atoms with van der Waals surface area (Å²) in [6.07, 6.45) is 1.06. The standard InChI is InChI=1S/C31H30N2O3/c1-31(2)18-24-27(25(34)19-31)26(20-14-16-23(36-3)17-15-20)28(29(35)21-10-6-4-7-11-21)30(32)33(24)22-12-8-5-9-13-22/h4-17,26,32,35H,18-19H2,1-3H3/t26-/m1/s1. The molecule has 1 aliphatic heterocycles. The Morgan fingerprint density at radius 3 is 2.17 bits per heavy atom. The maximum atomic E-state index is 13.9. The minimum Gasteiger partial charge on any atom is -0.507 e. The number of amidine groups is 1. The minimum absolute atomic E-state index is 0.00605. The molecular formula is C31H30N2O3. The van der Waals surface area contributed by atoms with Crippen molar-refractivity contribution < 1.29 is 14.6 Å². The minimum atomic E-state index is -0.567. The highest BCUT2D eigenvalue weighted by atomic mass is 16.5. The average Bonchev–Trinajstić information content (AvgIpc) is 2.88. The number of para-hydroxylation sites is 1. The summed E-state index contributed by atoms with van der Waals surface area (Å²) in [7, 11) is 1.61. The second kappa shape index (κ2) is 9.15. The molecule has 0 saturated carbocycles. The first-order valence-electron chi connectivity index (χ1n) is 12.1. The smallest absolute Gasteiger partial charge is 0.162 e. The third kappa shape index (κ3) is 4.11.